The van der Waals surface area contributed by atoms with E-state index in [0.29, 0.717) is 27.6 Å². The first-order valence-electron chi connectivity index (χ1n) is 8.49. The van der Waals surface area contributed by atoms with Crippen LogP contribution in [-0.2, 0) is 0 Å². The summed E-state index contributed by atoms with van der Waals surface area (Å²) >= 11 is 5.82. The smallest absolute Gasteiger partial charge is 0.343 e. The second-order valence-corrected chi connectivity index (χ2v) is 6.33. The number of carbonyl (C=O) groups is 2. The number of ether oxygens (including phenoxy) is 2. The molecule has 0 bridgehead atoms. The maximum atomic E-state index is 12.2. The van der Waals surface area contributed by atoms with Gasteiger partial charge in [0, 0.05) is 10.6 Å². The molecule has 0 N–H and O–H groups in total. The third kappa shape index (κ3) is 5.09. The summed E-state index contributed by atoms with van der Waals surface area (Å²) in [6, 6.07) is 20.3. The van der Waals surface area contributed by atoms with E-state index in [4.69, 9.17) is 21.1 Å². The number of ketones is 1. The summed E-state index contributed by atoms with van der Waals surface area (Å²) in [6.45, 7) is 0. The number of benzene rings is 3. The molecule has 5 heteroatoms. The van der Waals surface area contributed by atoms with Crippen molar-refractivity contribution in [3.63, 3.8) is 0 Å². The van der Waals surface area contributed by atoms with E-state index in [-0.39, 0.29) is 5.78 Å². The van der Waals surface area contributed by atoms with E-state index in [9.17, 15) is 9.59 Å². The molecule has 0 spiro atoms. The van der Waals surface area contributed by atoms with Gasteiger partial charge in [-0.1, -0.05) is 35.9 Å². The van der Waals surface area contributed by atoms with Crippen LogP contribution in [0, 0.1) is 0 Å². The summed E-state index contributed by atoms with van der Waals surface area (Å²) in [7, 11) is 1.54. The van der Waals surface area contributed by atoms with Crippen molar-refractivity contribution in [2.75, 3.05) is 7.11 Å². The first-order chi connectivity index (χ1) is 13.5. The summed E-state index contributed by atoms with van der Waals surface area (Å²) in [6.07, 6.45) is 3.19. The zero-order valence-electron chi connectivity index (χ0n) is 15.1. The van der Waals surface area contributed by atoms with Crippen LogP contribution in [0.2, 0.25) is 5.02 Å². The Morgan fingerprint density at radius 3 is 2.25 bits per heavy atom. The van der Waals surface area contributed by atoms with E-state index >= 15 is 0 Å². The molecule has 3 aromatic rings. The lowest BCUT2D eigenvalue weighted by Crippen LogP contribution is -2.08. The molecule has 0 aromatic heterocycles. The fourth-order valence-corrected chi connectivity index (χ4v) is 2.57. The number of hydrogen-bond donors (Lipinski definition) is 0. The Morgan fingerprint density at radius 2 is 1.57 bits per heavy atom. The van der Waals surface area contributed by atoms with Gasteiger partial charge in [0.15, 0.2) is 5.78 Å². The molecule has 0 aliphatic rings. The maximum Gasteiger partial charge on any atom is 0.343 e. The number of rotatable bonds is 6. The third-order valence-corrected chi connectivity index (χ3v) is 4.20. The summed E-state index contributed by atoms with van der Waals surface area (Å²) in [5.74, 6) is 0.402. The van der Waals surface area contributed by atoms with Crippen molar-refractivity contribution in [1.82, 2.24) is 0 Å². The molecule has 3 aromatic carbocycles. The molecule has 0 amide bonds. The van der Waals surface area contributed by atoms with Crippen LogP contribution in [0.4, 0.5) is 0 Å². The normalized spacial score (nSPS) is 10.6. The lowest BCUT2D eigenvalue weighted by atomic mass is 10.1. The predicted octanol–water partition coefficient (Wildman–Crippen LogP) is 5.46. The Kier molecular flexibility index (Phi) is 6.25. The van der Waals surface area contributed by atoms with Gasteiger partial charge in [0.2, 0.25) is 0 Å². The fraction of sp³-hybridized carbons (Fsp3) is 0.0435. The van der Waals surface area contributed by atoms with Crippen LogP contribution in [0.1, 0.15) is 26.3 Å². The lowest BCUT2D eigenvalue weighted by Gasteiger charge is -2.06. The molecule has 0 aliphatic heterocycles. The van der Waals surface area contributed by atoms with E-state index in [1.54, 1.807) is 78.9 Å². The molecule has 28 heavy (non-hydrogen) atoms. The van der Waals surface area contributed by atoms with Crippen LogP contribution in [0.25, 0.3) is 6.08 Å². The number of allylic oxidation sites excluding steroid dienone is 1. The van der Waals surface area contributed by atoms with Gasteiger partial charge >= 0.3 is 5.97 Å². The van der Waals surface area contributed by atoms with Crippen molar-refractivity contribution < 1.29 is 19.1 Å². The molecule has 0 radical (unpaired) electrons. The fourth-order valence-electron chi connectivity index (χ4n) is 2.45. The molecule has 3 rings (SSSR count). The van der Waals surface area contributed by atoms with Gasteiger partial charge < -0.3 is 9.47 Å². The van der Waals surface area contributed by atoms with Crippen molar-refractivity contribution >= 4 is 29.4 Å². The van der Waals surface area contributed by atoms with Gasteiger partial charge in [-0.2, -0.15) is 0 Å². The maximum absolute atomic E-state index is 12.2. The highest BCUT2D eigenvalue weighted by Crippen LogP contribution is 2.18. The highest BCUT2D eigenvalue weighted by molar-refractivity contribution is 6.30. The quantitative estimate of drug-likeness (QED) is 0.242. The van der Waals surface area contributed by atoms with E-state index < -0.39 is 5.97 Å². The molecule has 0 atom stereocenters. The van der Waals surface area contributed by atoms with Crippen LogP contribution >= 0.6 is 11.6 Å². The molecule has 0 heterocycles. The average Bonchev–Trinajstić information content (AvgIpc) is 2.73. The molecule has 0 saturated heterocycles. The van der Waals surface area contributed by atoms with Crippen molar-refractivity contribution in [3.05, 3.63) is 101 Å². The Morgan fingerprint density at radius 1 is 0.857 bits per heavy atom. The number of halogens is 1. The minimum absolute atomic E-state index is 0.120. The zero-order valence-corrected chi connectivity index (χ0v) is 15.8. The Bertz CT molecular complexity index is 1010. The summed E-state index contributed by atoms with van der Waals surface area (Å²) in [4.78, 5) is 24.4. The summed E-state index contributed by atoms with van der Waals surface area (Å²) in [5.41, 5.74) is 1.77. The SMILES string of the molecule is COc1cccc(C(=O)Oc2ccc(C=CC(=O)c3ccc(Cl)cc3)cc2)c1. The lowest BCUT2D eigenvalue weighted by molar-refractivity contribution is 0.0734. The second-order valence-electron chi connectivity index (χ2n) is 5.89. The largest absolute Gasteiger partial charge is 0.497 e. The number of esters is 1. The Balaban J connectivity index is 1.63. The summed E-state index contributed by atoms with van der Waals surface area (Å²) < 4.78 is 10.5. The van der Waals surface area contributed by atoms with Crippen molar-refractivity contribution in [3.8, 4) is 11.5 Å². The molecule has 0 unspecified atom stereocenters. The van der Waals surface area contributed by atoms with Gasteiger partial charge in [0.05, 0.1) is 12.7 Å². The van der Waals surface area contributed by atoms with Crippen molar-refractivity contribution in [1.29, 1.82) is 0 Å². The topological polar surface area (TPSA) is 52.6 Å². The van der Waals surface area contributed by atoms with Gasteiger partial charge in [-0.25, -0.2) is 4.79 Å². The second kappa shape index (κ2) is 9.02. The minimum atomic E-state index is -0.472. The summed E-state index contributed by atoms with van der Waals surface area (Å²) in [5, 5.41) is 0.583. The van der Waals surface area contributed by atoms with E-state index in [1.165, 1.54) is 13.2 Å². The van der Waals surface area contributed by atoms with E-state index in [2.05, 4.69) is 0 Å². The first kappa shape index (κ1) is 19.4. The standard InChI is InChI=1S/C23H17ClO4/c1-27-21-4-2-3-18(15-21)23(26)28-20-12-5-16(6-13-20)7-14-22(25)17-8-10-19(24)11-9-17/h2-15H,1H3. The van der Waals surface area contributed by atoms with Crippen molar-refractivity contribution in [2.45, 2.75) is 0 Å². The third-order valence-electron chi connectivity index (χ3n) is 3.95. The number of methoxy groups -OCH3 is 1. The van der Waals surface area contributed by atoms with Gasteiger partial charge in [-0.15, -0.1) is 0 Å². The highest BCUT2D eigenvalue weighted by atomic mass is 35.5. The van der Waals surface area contributed by atoms with Crippen LogP contribution in [0.3, 0.4) is 0 Å². The van der Waals surface area contributed by atoms with Crippen LogP contribution in [-0.4, -0.2) is 18.9 Å². The van der Waals surface area contributed by atoms with E-state index in [0.717, 1.165) is 5.56 Å². The Hall–Kier alpha value is -3.37. The highest BCUT2D eigenvalue weighted by Gasteiger charge is 2.09. The van der Waals surface area contributed by atoms with Gasteiger partial charge in [-0.3, -0.25) is 4.79 Å². The Labute approximate surface area is 168 Å². The molecular weight excluding hydrogens is 376 g/mol. The first-order valence-corrected chi connectivity index (χ1v) is 8.87. The molecular formula is C23H17ClO4. The molecule has 0 aliphatic carbocycles. The predicted molar refractivity (Wildman–Crippen MR) is 109 cm³/mol. The average molecular weight is 393 g/mol. The molecule has 0 fully saturated rings. The minimum Gasteiger partial charge on any atom is -0.497 e. The van der Waals surface area contributed by atoms with E-state index in [1.807, 2.05) is 0 Å². The van der Waals surface area contributed by atoms with Crippen LogP contribution < -0.4 is 9.47 Å². The molecule has 4 nitrogen and oxygen atoms in total. The molecule has 0 saturated carbocycles. The van der Waals surface area contributed by atoms with Crippen LogP contribution in [0.5, 0.6) is 11.5 Å². The monoisotopic (exact) mass is 392 g/mol. The van der Waals surface area contributed by atoms with Crippen LogP contribution in [0.15, 0.2) is 78.9 Å². The zero-order chi connectivity index (χ0) is 19.9. The number of carbonyl (C=O) groups excluding carboxylic acids is 2. The number of hydrogen-bond acceptors (Lipinski definition) is 4. The van der Waals surface area contributed by atoms with Crippen molar-refractivity contribution in [2.24, 2.45) is 0 Å². The van der Waals surface area contributed by atoms with Gasteiger partial charge in [0.1, 0.15) is 11.5 Å². The van der Waals surface area contributed by atoms with Gasteiger partial charge in [0.25, 0.3) is 0 Å². The van der Waals surface area contributed by atoms with Gasteiger partial charge in [-0.05, 0) is 66.2 Å². The molecule has 140 valence electrons.